The molecule has 0 unspecified atom stereocenters. The number of rotatable bonds is 2. The lowest BCUT2D eigenvalue weighted by molar-refractivity contribution is 0.0206. The zero-order valence-corrected chi connectivity index (χ0v) is 14.1. The van der Waals surface area contributed by atoms with Gasteiger partial charge in [-0.2, -0.15) is 9.61 Å². The number of carbonyl (C=O) groups excluding carboxylic acids is 1. The Labute approximate surface area is 139 Å². The number of hydrogen-bond donors (Lipinski definition) is 2. The Bertz CT molecular complexity index is 790. The van der Waals surface area contributed by atoms with Gasteiger partial charge in [0, 0.05) is 19.1 Å². The molecular formula is C15H22N6O3. The summed E-state index contributed by atoms with van der Waals surface area (Å²) in [4.78, 5) is 25.6. The highest BCUT2D eigenvalue weighted by atomic mass is 16.6. The molecule has 1 aliphatic heterocycles. The van der Waals surface area contributed by atoms with Crippen LogP contribution in [0.5, 0.6) is 0 Å². The maximum absolute atomic E-state index is 12.2. The van der Waals surface area contributed by atoms with Gasteiger partial charge in [-0.15, -0.1) is 5.10 Å². The summed E-state index contributed by atoms with van der Waals surface area (Å²) in [7, 11) is 0. The number of H-pyrrole nitrogens is 1. The Balaban J connectivity index is 1.71. The van der Waals surface area contributed by atoms with Crippen LogP contribution in [0.15, 0.2) is 17.1 Å². The molecule has 1 aliphatic rings. The van der Waals surface area contributed by atoms with Crippen LogP contribution in [0.3, 0.4) is 0 Å². The van der Waals surface area contributed by atoms with Gasteiger partial charge in [0.1, 0.15) is 11.1 Å². The molecule has 0 bridgehead atoms. The number of carbonyl (C=O) groups is 1. The van der Waals surface area contributed by atoms with Crippen molar-refractivity contribution in [1.29, 1.82) is 0 Å². The van der Waals surface area contributed by atoms with Gasteiger partial charge >= 0.3 is 6.09 Å². The van der Waals surface area contributed by atoms with E-state index in [0.717, 1.165) is 12.8 Å². The third-order valence-electron chi connectivity index (χ3n) is 3.75. The molecule has 1 saturated heterocycles. The van der Waals surface area contributed by atoms with E-state index in [1.54, 1.807) is 17.2 Å². The molecule has 2 aromatic rings. The van der Waals surface area contributed by atoms with E-state index in [1.807, 2.05) is 20.8 Å². The molecule has 3 heterocycles. The lowest BCUT2D eigenvalue weighted by atomic mass is 10.1. The van der Waals surface area contributed by atoms with Crippen molar-refractivity contribution in [2.45, 2.75) is 45.3 Å². The third-order valence-corrected chi connectivity index (χ3v) is 3.75. The molecule has 2 N–H and O–H groups in total. The molecule has 130 valence electrons. The first kappa shape index (κ1) is 16.3. The first-order valence-electron chi connectivity index (χ1n) is 8.00. The Morgan fingerprint density at radius 3 is 3.00 bits per heavy atom. The first-order valence-corrected chi connectivity index (χ1v) is 8.00. The largest absolute Gasteiger partial charge is 0.444 e. The van der Waals surface area contributed by atoms with Gasteiger partial charge in [-0.25, -0.2) is 9.89 Å². The number of aromatic nitrogens is 4. The second kappa shape index (κ2) is 6.14. The second-order valence-electron chi connectivity index (χ2n) is 6.91. The van der Waals surface area contributed by atoms with Crippen LogP contribution in [0.1, 0.15) is 33.6 Å². The normalized spacial score (nSPS) is 18.6. The predicted octanol–water partition coefficient (Wildman–Crippen LogP) is 1.23. The molecule has 3 rings (SSSR count). The molecule has 0 saturated carbocycles. The van der Waals surface area contributed by atoms with Crippen LogP contribution >= 0.6 is 0 Å². The fourth-order valence-electron chi connectivity index (χ4n) is 2.72. The summed E-state index contributed by atoms with van der Waals surface area (Å²) in [6.07, 6.45) is 2.99. The van der Waals surface area contributed by atoms with Crippen molar-refractivity contribution in [2.24, 2.45) is 0 Å². The number of piperidine rings is 1. The molecule has 0 radical (unpaired) electrons. The topological polar surface area (TPSA) is 105 Å². The van der Waals surface area contributed by atoms with E-state index in [9.17, 15) is 9.59 Å². The van der Waals surface area contributed by atoms with Gasteiger partial charge in [-0.1, -0.05) is 0 Å². The minimum absolute atomic E-state index is 0.0112. The molecular weight excluding hydrogens is 312 g/mol. The molecule has 1 amide bonds. The fourth-order valence-corrected chi connectivity index (χ4v) is 2.72. The number of nitrogens with one attached hydrogen (secondary N) is 2. The maximum Gasteiger partial charge on any atom is 0.410 e. The van der Waals surface area contributed by atoms with Crippen LogP contribution in [0.2, 0.25) is 0 Å². The molecule has 0 aliphatic carbocycles. The SMILES string of the molecule is CC(C)(C)OC(=O)N1CCC[C@@H](Nc2n[nH]c(=O)c3ccnn23)C1. The monoisotopic (exact) mass is 334 g/mol. The highest BCUT2D eigenvalue weighted by Crippen LogP contribution is 2.17. The van der Waals surface area contributed by atoms with Crippen LogP contribution in [-0.4, -0.2) is 55.5 Å². The first-order chi connectivity index (χ1) is 11.3. The molecule has 24 heavy (non-hydrogen) atoms. The third kappa shape index (κ3) is 3.50. The minimum atomic E-state index is -0.515. The molecule has 0 spiro atoms. The number of anilines is 1. The Morgan fingerprint density at radius 2 is 2.25 bits per heavy atom. The van der Waals surface area contributed by atoms with Crippen LogP contribution in [0.4, 0.5) is 10.7 Å². The van der Waals surface area contributed by atoms with E-state index in [1.165, 1.54) is 4.52 Å². The summed E-state index contributed by atoms with van der Waals surface area (Å²) in [6, 6.07) is 1.64. The van der Waals surface area contributed by atoms with Crippen LogP contribution in [0.25, 0.3) is 5.52 Å². The fraction of sp³-hybridized carbons (Fsp3) is 0.600. The lowest BCUT2D eigenvalue weighted by Crippen LogP contribution is -2.47. The average molecular weight is 334 g/mol. The van der Waals surface area contributed by atoms with E-state index in [4.69, 9.17) is 4.74 Å². The van der Waals surface area contributed by atoms with Crippen LogP contribution in [0, 0.1) is 0 Å². The number of fused-ring (bicyclic) bond motifs is 1. The quantitative estimate of drug-likeness (QED) is 0.856. The highest BCUT2D eigenvalue weighted by molar-refractivity contribution is 5.68. The molecule has 2 aromatic heterocycles. The number of amides is 1. The Kier molecular flexibility index (Phi) is 4.16. The zero-order valence-electron chi connectivity index (χ0n) is 14.1. The summed E-state index contributed by atoms with van der Waals surface area (Å²) in [5.74, 6) is 0.450. The van der Waals surface area contributed by atoms with Gasteiger partial charge in [0.2, 0.25) is 5.95 Å². The second-order valence-corrected chi connectivity index (χ2v) is 6.91. The van der Waals surface area contributed by atoms with Gasteiger partial charge < -0.3 is 15.0 Å². The smallest absolute Gasteiger partial charge is 0.410 e. The number of hydrogen-bond acceptors (Lipinski definition) is 6. The predicted molar refractivity (Wildman–Crippen MR) is 88.1 cm³/mol. The average Bonchev–Trinajstić information content (AvgIpc) is 2.99. The van der Waals surface area contributed by atoms with Crippen molar-refractivity contribution in [3.8, 4) is 0 Å². The van der Waals surface area contributed by atoms with Gasteiger partial charge in [-0.05, 0) is 39.7 Å². The van der Waals surface area contributed by atoms with Crippen molar-refractivity contribution in [2.75, 3.05) is 18.4 Å². The summed E-state index contributed by atoms with van der Waals surface area (Å²) in [5.41, 5.74) is -0.386. The van der Waals surface area contributed by atoms with Gasteiger partial charge in [0.15, 0.2) is 0 Å². The lowest BCUT2D eigenvalue weighted by Gasteiger charge is -2.34. The van der Waals surface area contributed by atoms with Gasteiger partial charge in [0.05, 0.1) is 6.20 Å². The number of likely N-dealkylation sites (tertiary alicyclic amines) is 1. The van der Waals surface area contributed by atoms with Crippen LogP contribution < -0.4 is 10.9 Å². The molecule has 1 atom stereocenters. The number of nitrogens with zero attached hydrogens (tertiary/aromatic N) is 4. The van der Waals surface area contributed by atoms with Gasteiger partial charge in [0.25, 0.3) is 5.56 Å². The number of ether oxygens (including phenoxy) is 1. The van der Waals surface area contributed by atoms with Crippen molar-refractivity contribution in [1.82, 2.24) is 24.7 Å². The standard InChI is InChI=1S/C15H22N6O3/c1-15(2,3)24-14(23)20-8-4-5-10(9-20)17-13-19-18-12(22)11-6-7-16-21(11)13/h6-7,10H,4-5,8-9H2,1-3H3,(H,17,19)(H,18,22)/t10-/m1/s1. The Hall–Kier alpha value is -2.58. The van der Waals surface area contributed by atoms with E-state index in [0.29, 0.717) is 24.6 Å². The van der Waals surface area contributed by atoms with Crippen LogP contribution in [-0.2, 0) is 4.74 Å². The summed E-state index contributed by atoms with van der Waals surface area (Å²) < 4.78 is 6.89. The van der Waals surface area contributed by atoms with E-state index in [2.05, 4.69) is 20.6 Å². The molecule has 9 nitrogen and oxygen atoms in total. The van der Waals surface area contributed by atoms with Crippen molar-refractivity contribution in [3.05, 3.63) is 22.6 Å². The highest BCUT2D eigenvalue weighted by Gasteiger charge is 2.28. The summed E-state index contributed by atoms with van der Waals surface area (Å²) in [6.45, 7) is 6.73. The summed E-state index contributed by atoms with van der Waals surface area (Å²) >= 11 is 0. The van der Waals surface area contributed by atoms with Crippen molar-refractivity contribution in [3.63, 3.8) is 0 Å². The van der Waals surface area contributed by atoms with E-state index >= 15 is 0 Å². The Morgan fingerprint density at radius 1 is 1.46 bits per heavy atom. The molecule has 1 fully saturated rings. The number of aromatic amines is 1. The van der Waals surface area contributed by atoms with E-state index < -0.39 is 5.60 Å². The van der Waals surface area contributed by atoms with Gasteiger partial charge in [-0.3, -0.25) is 4.79 Å². The van der Waals surface area contributed by atoms with E-state index in [-0.39, 0.29) is 17.7 Å². The minimum Gasteiger partial charge on any atom is -0.444 e. The molecule has 0 aromatic carbocycles. The maximum atomic E-state index is 12.2. The zero-order chi connectivity index (χ0) is 17.3. The summed E-state index contributed by atoms with van der Waals surface area (Å²) in [5, 5.41) is 13.8. The van der Waals surface area contributed by atoms with Crippen molar-refractivity contribution >= 4 is 17.6 Å². The molecule has 9 heteroatoms. The van der Waals surface area contributed by atoms with Crippen molar-refractivity contribution < 1.29 is 9.53 Å².